The van der Waals surface area contributed by atoms with Gasteiger partial charge in [-0.05, 0) is 54.9 Å². The highest BCUT2D eigenvalue weighted by molar-refractivity contribution is 9.10. The van der Waals surface area contributed by atoms with E-state index in [1.54, 1.807) is 0 Å². The van der Waals surface area contributed by atoms with Gasteiger partial charge < -0.3 is 0 Å². The SMILES string of the molecule is CC(C)[C@@]12CC[C@@H](C)CC1=Nc1ccc(Br)cc12. The van der Waals surface area contributed by atoms with Crippen LogP contribution in [0, 0.1) is 11.8 Å². The van der Waals surface area contributed by atoms with Crippen LogP contribution in [0.25, 0.3) is 0 Å². The average molecular weight is 306 g/mol. The Morgan fingerprint density at radius 2 is 2.17 bits per heavy atom. The monoisotopic (exact) mass is 305 g/mol. The molecule has 1 aromatic rings. The number of hydrogen-bond acceptors (Lipinski definition) is 1. The summed E-state index contributed by atoms with van der Waals surface area (Å²) < 4.78 is 1.18. The highest BCUT2D eigenvalue weighted by Gasteiger charge is 2.48. The van der Waals surface area contributed by atoms with Gasteiger partial charge in [-0.25, -0.2) is 0 Å². The van der Waals surface area contributed by atoms with Gasteiger partial charge in [0.1, 0.15) is 0 Å². The normalized spacial score (nSPS) is 30.1. The summed E-state index contributed by atoms with van der Waals surface area (Å²) in [7, 11) is 0. The third-order valence-corrected chi connectivity index (χ3v) is 5.26. The second-order valence-corrected chi connectivity index (χ2v) is 7.11. The zero-order chi connectivity index (χ0) is 12.9. The fourth-order valence-corrected chi connectivity index (χ4v) is 4.07. The summed E-state index contributed by atoms with van der Waals surface area (Å²) in [6.45, 7) is 7.05. The van der Waals surface area contributed by atoms with Crippen molar-refractivity contribution < 1.29 is 0 Å². The van der Waals surface area contributed by atoms with Crippen molar-refractivity contribution in [1.29, 1.82) is 0 Å². The molecule has 0 radical (unpaired) electrons. The molecular formula is C16H20BrN. The van der Waals surface area contributed by atoms with Gasteiger partial charge in [-0.15, -0.1) is 0 Å². The van der Waals surface area contributed by atoms with E-state index >= 15 is 0 Å². The maximum atomic E-state index is 4.95. The van der Waals surface area contributed by atoms with E-state index in [9.17, 15) is 0 Å². The van der Waals surface area contributed by atoms with Crippen molar-refractivity contribution in [3.63, 3.8) is 0 Å². The van der Waals surface area contributed by atoms with Crippen LogP contribution in [0.4, 0.5) is 5.69 Å². The standard InChI is InChI=1S/C16H20BrN/c1-10(2)16-7-6-11(3)8-15(16)18-14-5-4-12(17)9-13(14)16/h4-5,9-11H,6-8H2,1-3H3/t11-,16-/m1/s1. The van der Waals surface area contributed by atoms with E-state index in [2.05, 4.69) is 54.9 Å². The van der Waals surface area contributed by atoms with Gasteiger partial charge in [-0.3, -0.25) is 4.99 Å². The molecule has 18 heavy (non-hydrogen) atoms. The number of nitrogens with zero attached hydrogens (tertiary/aromatic N) is 1. The van der Waals surface area contributed by atoms with Crippen LogP contribution in [0.1, 0.15) is 45.6 Å². The summed E-state index contributed by atoms with van der Waals surface area (Å²) in [6, 6.07) is 6.57. The fraction of sp³-hybridized carbons (Fsp3) is 0.562. The Morgan fingerprint density at radius 1 is 1.39 bits per heavy atom. The summed E-state index contributed by atoms with van der Waals surface area (Å²) in [5.41, 5.74) is 4.31. The van der Waals surface area contributed by atoms with Gasteiger partial charge in [0.2, 0.25) is 0 Å². The predicted octanol–water partition coefficient (Wildman–Crippen LogP) is 5.25. The first-order valence-corrected chi connectivity index (χ1v) is 7.71. The van der Waals surface area contributed by atoms with Crippen molar-refractivity contribution in [2.24, 2.45) is 16.8 Å². The molecular weight excluding hydrogens is 286 g/mol. The molecule has 1 aromatic carbocycles. The Bertz CT molecular complexity index is 518. The van der Waals surface area contributed by atoms with E-state index in [4.69, 9.17) is 4.99 Å². The minimum absolute atomic E-state index is 0.214. The minimum atomic E-state index is 0.214. The van der Waals surface area contributed by atoms with Crippen LogP contribution in [0.15, 0.2) is 27.7 Å². The highest BCUT2D eigenvalue weighted by atomic mass is 79.9. The number of aliphatic imine (C=N–C) groups is 1. The molecule has 0 amide bonds. The Labute approximate surface area is 118 Å². The van der Waals surface area contributed by atoms with E-state index in [-0.39, 0.29) is 5.41 Å². The first-order valence-electron chi connectivity index (χ1n) is 6.92. The highest BCUT2D eigenvalue weighted by Crippen LogP contribution is 2.52. The summed E-state index contributed by atoms with van der Waals surface area (Å²) in [4.78, 5) is 4.95. The molecule has 0 bridgehead atoms. The van der Waals surface area contributed by atoms with Crippen molar-refractivity contribution in [2.45, 2.75) is 45.4 Å². The van der Waals surface area contributed by atoms with Crippen LogP contribution in [-0.4, -0.2) is 5.71 Å². The third kappa shape index (κ3) is 1.61. The molecule has 0 N–H and O–H groups in total. The van der Waals surface area contributed by atoms with Gasteiger partial charge in [0.15, 0.2) is 0 Å². The molecule has 1 saturated carbocycles. The number of rotatable bonds is 1. The Balaban J connectivity index is 2.17. The zero-order valence-electron chi connectivity index (χ0n) is 11.3. The summed E-state index contributed by atoms with van der Waals surface area (Å²) in [6.07, 6.45) is 3.75. The molecule has 2 heteroatoms. The van der Waals surface area contributed by atoms with E-state index in [1.165, 1.54) is 40.7 Å². The van der Waals surface area contributed by atoms with Gasteiger partial charge >= 0.3 is 0 Å². The second-order valence-electron chi connectivity index (χ2n) is 6.19. The summed E-state index contributed by atoms with van der Waals surface area (Å²) >= 11 is 3.62. The molecule has 3 rings (SSSR count). The Kier molecular flexibility index (Phi) is 2.89. The van der Waals surface area contributed by atoms with Crippen LogP contribution in [-0.2, 0) is 5.41 Å². The average Bonchev–Trinajstić information content (AvgIpc) is 2.63. The molecule has 96 valence electrons. The smallest absolute Gasteiger partial charge is 0.0671 e. The molecule has 1 aliphatic heterocycles. The lowest BCUT2D eigenvalue weighted by molar-refractivity contribution is 0.317. The molecule has 0 saturated heterocycles. The third-order valence-electron chi connectivity index (χ3n) is 4.77. The first-order chi connectivity index (χ1) is 8.54. The minimum Gasteiger partial charge on any atom is -0.257 e. The number of halogens is 1. The van der Waals surface area contributed by atoms with Crippen molar-refractivity contribution in [2.75, 3.05) is 0 Å². The van der Waals surface area contributed by atoms with E-state index in [0.29, 0.717) is 5.92 Å². The summed E-state index contributed by atoms with van der Waals surface area (Å²) in [5.74, 6) is 1.41. The van der Waals surface area contributed by atoms with E-state index in [1.807, 2.05) is 0 Å². The number of fused-ring (bicyclic) bond motifs is 3. The molecule has 2 atom stereocenters. The van der Waals surface area contributed by atoms with Crippen LogP contribution < -0.4 is 0 Å². The van der Waals surface area contributed by atoms with Gasteiger partial charge in [-0.1, -0.05) is 36.7 Å². The lowest BCUT2D eigenvalue weighted by Gasteiger charge is -2.41. The van der Waals surface area contributed by atoms with Gasteiger partial charge in [0, 0.05) is 15.6 Å². The lowest BCUT2D eigenvalue weighted by Crippen LogP contribution is -2.42. The molecule has 1 aliphatic carbocycles. The van der Waals surface area contributed by atoms with Crippen LogP contribution in [0.3, 0.4) is 0 Å². The Hall–Kier alpha value is -0.630. The molecule has 0 aromatic heterocycles. The molecule has 1 nitrogen and oxygen atoms in total. The zero-order valence-corrected chi connectivity index (χ0v) is 12.9. The lowest BCUT2D eigenvalue weighted by atomic mass is 9.61. The van der Waals surface area contributed by atoms with Crippen LogP contribution in [0.2, 0.25) is 0 Å². The van der Waals surface area contributed by atoms with E-state index in [0.717, 1.165) is 5.92 Å². The maximum absolute atomic E-state index is 4.95. The number of hydrogen-bond donors (Lipinski definition) is 0. The molecule has 0 unspecified atom stereocenters. The van der Waals surface area contributed by atoms with Gasteiger partial charge in [0.25, 0.3) is 0 Å². The predicted molar refractivity (Wildman–Crippen MR) is 80.8 cm³/mol. The van der Waals surface area contributed by atoms with Crippen molar-refractivity contribution in [3.8, 4) is 0 Å². The topological polar surface area (TPSA) is 12.4 Å². The van der Waals surface area contributed by atoms with Gasteiger partial charge in [-0.2, -0.15) is 0 Å². The van der Waals surface area contributed by atoms with Crippen molar-refractivity contribution in [3.05, 3.63) is 28.2 Å². The van der Waals surface area contributed by atoms with Crippen molar-refractivity contribution in [1.82, 2.24) is 0 Å². The molecule has 0 spiro atoms. The van der Waals surface area contributed by atoms with E-state index < -0.39 is 0 Å². The molecule has 1 heterocycles. The largest absolute Gasteiger partial charge is 0.257 e. The number of benzene rings is 1. The summed E-state index contributed by atoms with van der Waals surface area (Å²) in [5, 5.41) is 0. The second kappa shape index (κ2) is 4.19. The van der Waals surface area contributed by atoms with Crippen LogP contribution in [0.5, 0.6) is 0 Å². The fourth-order valence-electron chi connectivity index (χ4n) is 3.71. The first kappa shape index (κ1) is 12.4. The van der Waals surface area contributed by atoms with Crippen LogP contribution >= 0.6 is 15.9 Å². The quantitative estimate of drug-likeness (QED) is 0.672. The Morgan fingerprint density at radius 3 is 2.89 bits per heavy atom. The molecule has 2 aliphatic rings. The maximum Gasteiger partial charge on any atom is 0.0671 e. The van der Waals surface area contributed by atoms with Crippen molar-refractivity contribution >= 4 is 27.3 Å². The molecule has 1 fully saturated rings. The van der Waals surface area contributed by atoms with Gasteiger partial charge in [0.05, 0.1) is 5.69 Å².